The summed E-state index contributed by atoms with van der Waals surface area (Å²) >= 11 is 14.9. The number of aromatic nitrogens is 1. The van der Waals surface area contributed by atoms with Gasteiger partial charge in [0.1, 0.15) is 6.17 Å². The Hall–Kier alpha value is -3.18. The van der Waals surface area contributed by atoms with Crippen LogP contribution in [-0.2, 0) is 32.5 Å². The summed E-state index contributed by atoms with van der Waals surface area (Å²) in [5.41, 5.74) is 2.40. The molecule has 2 amide bonds. The number of benzene rings is 2. The van der Waals surface area contributed by atoms with E-state index in [2.05, 4.69) is 10.2 Å². The summed E-state index contributed by atoms with van der Waals surface area (Å²) in [6.07, 6.45) is 5.14. The maximum atomic E-state index is 13.6. The molecule has 1 saturated heterocycles. The first-order valence-electron chi connectivity index (χ1n) is 13.5. The zero-order valence-electron chi connectivity index (χ0n) is 23.6. The van der Waals surface area contributed by atoms with E-state index in [0.29, 0.717) is 53.5 Å². The van der Waals surface area contributed by atoms with E-state index < -0.39 is 0 Å². The number of hydrogen-bond acceptors (Lipinski definition) is 7. The van der Waals surface area contributed by atoms with Crippen LogP contribution < -0.4 is 5.32 Å². The van der Waals surface area contributed by atoms with Gasteiger partial charge in [0.2, 0.25) is 5.91 Å². The molecule has 1 aromatic heterocycles. The summed E-state index contributed by atoms with van der Waals surface area (Å²) in [5.74, 6) is 0.0221. The number of halogens is 2. The molecule has 42 heavy (non-hydrogen) atoms. The summed E-state index contributed by atoms with van der Waals surface area (Å²) in [7, 11) is 4.92. The minimum Gasteiger partial charge on any atom is -0.469 e. The van der Waals surface area contributed by atoms with Crippen LogP contribution in [0.3, 0.4) is 0 Å². The first-order valence-corrected chi connectivity index (χ1v) is 15.2. The molecule has 1 fully saturated rings. The second-order valence-corrected chi connectivity index (χ2v) is 12.2. The smallest absolute Gasteiger partial charge is 0.305 e. The van der Waals surface area contributed by atoms with Crippen molar-refractivity contribution in [1.29, 1.82) is 0 Å². The van der Waals surface area contributed by atoms with E-state index in [-0.39, 0.29) is 41.5 Å². The van der Waals surface area contributed by atoms with Gasteiger partial charge in [0, 0.05) is 60.4 Å². The van der Waals surface area contributed by atoms with Crippen LogP contribution in [0.5, 0.6) is 0 Å². The Bertz CT molecular complexity index is 1560. The Kier molecular flexibility index (Phi) is 9.37. The Balaban J connectivity index is 1.28. The summed E-state index contributed by atoms with van der Waals surface area (Å²) in [4.78, 5) is 43.3. The largest absolute Gasteiger partial charge is 0.469 e. The fourth-order valence-corrected chi connectivity index (χ4v) is 6.86. The molecular weight excluding hydrogens is 599 g/mol. The van der Waals surface area contributed by atoms with Crippen molar-refractivity contribution in [3.05, 3.63) is 74.9 Å². The summed E-state index contributed by atoms with van der Waals surface area (Å²) in [6, 6.07) is 10.9. The molecule has 0 aliphatic carbocycles. The third-order valence-corrected chi connectivity index (χ3v) is 9.42. The zero-order valence-corrected chi connectivity index (χ0v) is 25.9. The molecule has 3 aromatic rings. The molecule has 1 unspecified atom stereocenters. The van der Waals surface area contributed by atoms with Crippen LogP contribution >= 0.6 is 35.0 Å². The number of anilines is 1. The number of esters is 1. The van der Waals surface area contributed by atoms with Crippen molar-refractivity contribution in [3.63, 3.8) is 0 Å². The number of thioether (sulfide) groups is 1. The van der Waals surface area contributed by atoms with E-state index in [1.54, 1.807) is 37.2 Å². The normalized spacial score (nSPS) is 18.5. The number of methoxy groups -OCH3 is 2. The molecule has 2 aromatic carbocycles. The van der Waals surface area contributed by atoms with Crippen LogP contribution in [0.2, 0.25) is 10.0 Å². The number of carbonyl (C=O) groups is 3. The van der Waals surface area contributed by atoms with Crippen molar-refractivity contribution in [3.8, 4) is 0 Å². The Morgan fingerprint density at radius 1 is 1.12 bits per heavy atom. The van der Waals surface area contributed by atoms with E-state index >= 15 is 0 Å². The van der Waals surface area contributed by atoms with Crippen molar-refractivity contribution >= 4 is 69.3 Å². The highest BCUT2D eigenvalue weighted by Gasteiger charge is 2.39. The number of para-hydroxylation sites is 1. The van der Waals surface area contributed by atoms with Gasteiger partial charge in [-0.3, -0.25) is 14.4 Å². The SMILES string of the molecule is COC(=O)CCC1=CN(C2C[C@H](OC)CN2C(=O)Cc2cc(Cl)c(NC(=O)c3cn(C)c4ccccc34)cc2Cl)CS1. The molecule has 0 spiro atoms. The molecule has 2 aliphatic heterocycles. The second kappa shape index (κ2) is 13.0. The van der Waals surface area contributed by atoms with Crippen LogP contribution in [0.25, 0.3) is 10.9 Å². The Labute approximate surface area is 258 Å². The standard InChI is InChI=1S/C30H32Cl2N4O5S/c1-34-16-22(21-6-4-5-7-26(21)34)30(39)33-25-13-23(31)18(10-24(25)32)11-28(37)36-14-19(40-2)12-27(36)35-15-20(42-17-35)8-9-29(38)41-3/h4-7,10,13,15-16,19,27H,8-9,11-12,14,17H2,1-3H3,(H,33,39)/t19-,27?/m0/s1. The Morgan fingerprint density at radius 3 is 2.67 bits per heavy atom. The van der Waals surface area contributed by atoms with Gasteiger partial charge < -0.3 is 29.2 Å². The van der Waals surface area contributed by atoms with Crippen molar-refractivity contribution in [2.45, 2.75) is 38.0 Å². The monoisotopic (exact) mass is 630 g/mol. The predicted molar refractivity (Wildman–Crippen MR) is 166 cm³/mol. The average molecular weight is 632 g/mol. The number of ether oxygens (including phenoxy) is 2. The van der Waals surface area contributed by atoms with Gasteiger partial charge in [0.15, 0.2) is 0 Å². The third-order valence-electron chi connectivity index (χ3n) is 7.65. The molecule has 2 aliphatic rings. The van der Waals surface area contributed by atoms with Crippen molar-refractivity contribution in [2.75, 3.05) is 32.0 Å². The number of nitrogens with one attached hydrogen (secondary N) is 1. The zero-order chi connectivity index (χ0) is 30.0. The van der Waals surface area contributed by atoms with Crippen molar-refractivity contribution in [1.82, 2.24) is 14.4 Å². The number of rotatable bonds is 9. The molecule has 12 heteroatoms. The molecule has 0 bridgehead atoms. The van der Waals surface area contributed by atoms with E-state index in [1.165, 1.54) is 7.11 Å². The van der Waals surface area contributed by atoms with Crippen LogP contribution in [0.1, 0.15) is 35.2 Å². The fraction of sp³-hybridized carbons (Fsp3) is 0.367. The molecule has 3 heterocycles. The van der Waals surface area contributed by atoms with Gasteiger partial charge >= 0.3 is 5.97 Å². The summed E-state index contributed by atoms with van der Waals surface area (Å²) in [6.45, 7) is 0.455. The van der Waals surface area contributed by atoms with Crippen molar-refractivity contribution in [2.24, 2.45) is 7.05 Å². The predicted octanol–water partition coefficient (Wildman–Crippen LogP) is 5.65. The highest BCUT2D eigenvalue weighted by molar-refractivity contribution is 8.03. The topological polar surface area (TPSA) is 93.1 Å². The van der Waals surface area contributed by atoms with Gasteiger partial charge in [-0.05, 0) is 30.2 Å². The van der Waals surface area contributed by atoms with E-state index in [4.69, 9.17) is 32.7 Å². The van der Waals surface area contributed by atoms with Crippen LogP contribution in [-0.4, -0.2) is 71.1 Å². The average Bonchev–Trinajstić information content (AvgIpc) is 3.71. The Morgan fingerprint density at radius 2 is 1.90 bits per heavy atom. The highest BCUT2D eigenvalue weighted by Crippen LogP contribution is 2.36. The fourth-order valence-electron chi connectivity index (χ4n) is 5.38. The van der Waals surface area contributed by atoms with E-state index in [0.717, 1.165) is 15.8 Å². The van der Waals surface area contributed by atoms with Crippen molar-refractivity contribution < 1.29 is 23.9 Å². The first-order chi connectivity index (χ1) is 20.2. The van der Waals surface area contributed by atoms with Gasteiger partial charge in [-0.2, -0.15) is 0 Å². The van der Waals surface area contributed by atoms with Gasteiger partial charge in [-0.15, -0.1) is 11.8 Å². The molecule has 9 nitrogen and oxygen atoms in total. The number of amides is 2. The lowest BCUT2D eigenvalue weighted by atomic mass is 10.1. The number of allylic oxidation sites excluding steroid dienone is 1. The van der Waals surface area contributed by atoms with Crippen LogP contribution in [0.15, 0.2) is 53.7 Å². The molecule has 0 radical (unpaired) electrons. The minimum atomic E-state index is -0.304. The number of aryl methyl sites for hydroxylation is 1. The van der Waals surface area contributed by atoms with Gasteiger partial charge in [-0.25, -0.2) is 0 Å². The first kappa shape index (κ1) is 30.3. The number of carbonyl (C=O) groups excluding carboxylic acids is 3. The minimum absolute atomic E-state index is 0.0446. The number of nitrogens with zero attached hydrogens (tertiary/aromatic N) is 3. The number of likely N-dealkylation sites (tertiary alicyclic amines) is 1. The maximum absolute atomic E-state index is 13.6. The number of fused-ring (bicyclic) bond motifs is 1. The second-order valence-electron chi connectivity index (χ2n) is 10.3. The molecule has 2 atom stereocenters. The highest BCUT2D eigenvalue weighted by atomic mass is 35.5. The molecule has 222 valence electrons. The molecule has 1 N–H and O–H groups in total. The van der Waals surface area contributed by atoms with E-state index in [9.17, 15) is 14.4 Å². The number of hydrogen-bond donors (Lipinski definition) is 1. The third kappa shape index (κ3) is 6.41. The quantitative estimate of drug-likeness (QED) is 0.305. The lowest BCUT2D eigenvalue weighted by molar-refractivity contribution is -0.140. The lowest BCUT2D eigenvalue weighted by Gasteiger charge is -2.32. The maximum Gasteiger partial charge on any atom is 0.305 e. The van der Waals surface area contributed by atoms with E-state index in [1.807, 2.05) is 47.0 Å². The molecule has 0 saturated carbocycles. The van der Waals surface area contributed by atoms with Gasteiger partial charge in [0.25, 0.3) is 5.91 Å². The van der Waals surface area contributed by atoms with Gasteiger partial charge in [0.05, 0.1) is 48.2 Å². The lowest BCUT2D eigenvalue weighted by Crippen LogP contribution is -2.44. The van der Waals surface area contributed by atoms with Crippen LogP contribution in [0, 0.1) is 0 Å². The molecule has 5 rings (SSSR count). The molecular formula is C30H32Cl2N4O5S. The summed E-state index contributed by atoms with van der Waals surface area (Å²) < 4.78 is 12.3. The van der Waals surface area contributed by atoms with Crippen LogP contribution in [0.4, 0.5) is 5.69 Å². The van der Waals surface area contributed by atoms with Gasteiger partial charge in [-0.1, -0.05) is 41.4 Å². The summed E-state index contributed by atoms with van der Waals surface area (Å²) in [5, 5.41) is 4.32.